The van der Waals surface area contributed by atoms with Crippen molar-refractivity contribution in [3.8, 4) is 0 Å². The van der Waals surface area contributed by atoms with Crippen LogP contribution in [0.5, 0.6) is 0 Å². The molecule has 0 saturated carbocycles. The third kappa shape index (κ3) is 3.00. The van der Waals surface area contributed by atoms with Gasteiger partial charge in [-0.15, -0.1) is 0 Å². The van der Waals surface area contributed by atoms with Gasteiger partial charge >= 0.3 is 0 Å². The minimum Gasteiger partial charge on any atom is -0.381 e. The first-order valence-corrected chi connectivity index (χ1v) is 7.89. The summed E-state index contributed by atoms with van der Waals surface area (Å²) < 4.78 is 0. The molecule has 3 aromatic rings. The Bertz CT molecular complexity index is 938. The summed E-state index contributed by atoms with van der Waals surface area (Å²) in [6.07, 6.45) is 0. The molecular formula is C20H22N2O. The molecule has 0 saturated heterocycles. The number of aromatic nitrogens is 1. The first-order chi connectivity index (χ1) is 11.0. The summed E-state index contributed by atoms with van der Waals surface area (Å²) in [6.45, 7) is 8.75. The summed E-state index contributed by atoms with van der Waals surface area (Å²) in [5, 5.41) is 4.46. The highest BCUT2D eigenvalue weighted by atomic mass is 16.1. The number of hydrogen-bond donors (Lipinski definition) is 2. The highest BCUT2D eigenvalue weighted by Gasteiger charge is 2.07. The number of nitrogens with one attached hydrogen (secondary N) is 2. The van der Waals surface area contributed by atoms with Crippen LogP contribution in [-0.2, 0) is 6.54 Å². The van der Waals surface area contributed by atoms with Crippen molar-refractivity contribution in [2.45, 2.75) is 34.2 Å². The zero-order chi connectivity index (χ0) is 16.6. The van der Waals surface area contributed by atoms with Gasteiger partial charge in [0.1, 0.15) is 0 Å². The summed E-state index contributed by atoms with van der Waals surface area (Å²) >= 11 is 0. The van der Waals surface area contributed by atoms with Crippen LogP contribution in [0.2, 0.25) is 0 Å². The maximum Gasteiger partial charge on any atom is 0.253 e. The molecule has 0 atom stereocenters. The lowest BCUT2D eigenvalue weighted by Gasteiger charge is -2.11. The molecule has 1 heterocycles. The van der Waals surface area contributed by atoms with Crippen LogP contribution in [0.3, 0.4) is 0 Å². The fourth-order valence-electron chi connectivity index (χ4n) is 2.82. The van der Waals surface area contributed by atoms with Crippen molar-refractivity contribution in [1.82, 2.24) is 4.98 Å². The molecule has 3 rings (SSSR count). The average Bonchev–Trinajstić information content (AvgIpc) is 2.53. The van der Waals surface area contributed by atoms with E-state index in [1.807, 2.05) is 13.0 Å². The molecule has 23 heavy (non-hydrogen) atoms. The van der Waals surface area contributed by atoms with Crippen LogP contribution in [0.15, 0.2) is 41.2 Å². The van der Waals surface area contributed by atoms with Crippen molar-refractivity contribution < 1.29 is 0 Å². The van der Waals surface area contributed by atoms with E-state index < -0.39 is 0 Å². The first kappa shape index (κ1) is 15.3. The molecule has 0 unspecified atom stereocenters. The van der Waals surface area contributed by atoms with Crippen molar-refractivity contribution >= 4 is 16.6 Å². The molecule has 0 fully saturated rings. The number of fused-ring (bicyclic) bond motifs is 1. The summed E-state index contributed by atoms with van der Waals surface area (Å²) in [6, 6.07) is 12.4. The van der Waals surface area contributed by atoms with E-state index >= 15 is 0 Å². The molecule has 0 aliphatic heterocycles. The highest BCUT2D eigenvalue weighted by Crippen LogP contribution is 2.20. The first-order valence-electron chi connectivity index (χ1n) is 7.89. The van der Waals surface area contributed by atoms with Crippen LogP contribution in [0.4, 0.5) is 5.69 Å². The fraction of sp³-hybridized carbons (Fsp3) is 0.250. The Hall–Kier alpha value is -2.55. The number of H-pyrrole nitrogens is 1. The van der Waals surface area contributed by atoms with Gasteiger partial charge < -0.3 is 10.3 Å². The standard InChI is InChI=1S/C20H22N2O/c1-12-5-6-14(3)18(9-12)21-11-17-10-16-8-7-13(2)15(4)19(16)22-20(17)23/h5-10,21H,11H2,1-4H3,(H,22,23). The molecule has 1 aromatic heterocycles. The van der Waals surface area contributed by atoms with Crippen LogP contribution in [0, 0.1) is 27.7 Å². The van der Waals surface area contributed by atoms with E-state index in [1.54, 1.807) is 0 Å². The molecule has 0 aliphatic carbocycles. The van der Waals surface area contributed by atoms with Crippen molar-refractivity contribution in [1.29, 1.82) is 0 Å². The molecule has 0 bridgehead atoms. The van der Waals surface area contributed by atoms with E-state index in [2.05, 4.69) is 61.4 Å². The summed E-state index contributed by atoms with van der Waals surface area (Å²) in [5.74, 6) is 0. The minimum absolute atomic E-state index is 0.0241. The maximum atomic E-state index is 12.4. The lowest BCUT2D eigenvalue weighted by Crippen LogP contribution is -2.16. The maximum absolute atomic E-state index is 12.4. The van der Waals surface area contributed by atoms with Gasteiger partial charge in [-0.3, -0.25) is 4.79 Å². The minimum atomic E-state index is -0.0241. The second-order valence-electron chi connectivity index (χ2n) is 6.27. The molecule has 118 valence electrons. The second kappa shape index (κ2) is 5.92. The van der Waals surface area contributed by atoms with E-state index in [4.69, 9.17) is 0 Å². The van der Waals surface area contributed by atoms with Gasteiger partial charge in [-0.2, -0.15) is 0 Å². The topological polar surface area (TPSA) is 44.9 Å². The van der Waals surface area contributed by atoms with Gasteiger partial charge in [0, 0.05) is 17.8 Å². The Morgan fingerprint density at radius 1 is 0.957 bits per heavy atom. The zero-order valence-corrected chi connectivity index (χ0v) is 14.1. The number of anilines is 1. The van der Waals surface area contributed by atoms with Gasteiger partial charge in [0.2, 0.25) is 0 Å². The summed E-state index contributed by atoms with van der Waals surface area (Å²) in [4.78, 5) is 15.4. The molecule has 0 radical (unpaired) electrons. The van der Waals surface area contributed by atoms with Gasteiger partial charge in [0.05, 0.1) is 5.52 Å². The number of aromatic amines is 1. The Labute approximate surface area is 136 Å². The van der Waals surface area contributed by atoms with E-state index in [-0.39, 0.29) is 5.56 Å². The van der Waals surface area contributed by atoms with Gasteiger partial charge in [0.15, 0.2) is 0 Å². The second-order valence-corrected chi connectivity index (χ2v) is 6.27. The van der Waals surface area contributed by atoms with Crippen molar-refractivity contribution in [3.05, 3.63) is 74.6 Å². The largest absolute Gasteiger partial charge is 0.381 e. The number of hydrogen-bond acceptors (Lipinski definition) is 2. The van der Waals surface area contributed by atoms with Gasteiger partial charge in [-0.1, -0.05) is 24.3 Å². The van der Waals surface area contributed by atoms with Crippen molar-refractivity contribution in [2.75, 3.05) is 5.32 Å². The predicted molar refractivity (Wildman–Crippen MR) is 97.3 cm³/mol. The molecule has 3 heteroatoms. The van der Waals surface area contributed by atoms with Gasteiger partial charge in [0.25, 0.3) is 5.56 Å². The normalized spacial score (nSPS) is 11.0. The van der Waals surface area contributed by atoms with Crippen LogP contribution in [-0.4, -0.2) is 4.98 Å². The Morgan fingerprint density at radius 3 is 2.48 bits per heavy atom. The van der Waals surface area contributed by atoms with E-state index in [0.29, 0.717) is 6.54 Å². The lowest BCUT2D eigenvalue weighted by molar-refractivity contribution is 1.08. The molecule has 2 aromatic carbocycles. The Kier molecular flexibility index (Phi) is 3.95. The molecular weight excluding hydrogens is 284 g/mol. The van der Waals surface area contributed by atoms with E-state index in [0.717, 1.165) is 27.7 Å². The molecule has 0 aliphatic rings. The third-order valence-corrected chi connectivity index (χ3v) is 4.49. The monoisotopic (exact) mass is 306 g/mol. The smallest absolute Gasteiger partial charge is 0.253 e. The summed E-state index contributed by atoms with van der Waals surface area (Å²) in [5.41, 5.74) is 7.44. The predicted octanol–water partition coefficient (Wildman–Crippen LogP) is 4.37. The number of aryl methyl sites for hydroxylation is 4. The molecule has 0 spiro atoms. The van der Waals surface area contributed by atoms with Crippen LogP contribution in [0.1, 0.15) is 27.8 Å². The lowest BCUT2D eigenvalue weighted by atomic mass is 10.0. The van der Waals surface area contributed by atoms with Crippen LogP contribution in [0.25, 0.3) is 10.9 Å². The van der Waals surface area contributed by atoms with Gasteiger partial charge in [-0.05, 0) is 67.5 Å². The zero-order valence-electron chi connectivity index (χ0n) is 14.1. The van der Waals surface area contributed by atoms with E-state index in [9.17, 15) is 4.79 Å². The van der Waals surface area contributed by atoms with E-state index in [1.165, 1.54) is 16.7 Å². The van der Waals surface area contributed by atoms with Crippen molar-refractivity contribution in [2.24, 2.45) is 0 Å². The Morgan fingerprint density at radius 2 is 1.70 bits per heavy atom. The number of pyridine rings is 1. The quantitative estimate of drug-likeness (QED) is 0.754. The fourth-order valence-corrected chi connectivity index (χ4v) is 2.82. The van der Waals surface area contributed by atoms with Crippen LogP contribution < -0.4 is 10.9 Å². The van der Waals surface area contributed by atoms with Crippen LogP contribution >= 0.6 is 0 Å². The molecule has 0 amide bonds. The Balaban J connectivity index is 1.94. The molecule has 3 nitrogen and oxygen atoms in total. The third-order valence-electron chi connectivity index (χ3n) is 4.49. The van der Waals surface area contributed by atoms with Crippen molar-refractivity contribution in [3.63, 3.8) is 0 Å². The number of rotatable bonds is 3. The van der Waals surface area contributed by atoms with Gasteiger partial charge in [-0.25, -0.2) is 0 Å². The average molecular weight is 306 g/mol. The molecule has 2 N–H and O–H groups in total. The highest BCUT2D eigenvalue weighted by molar-refractivity contribution is 5.83. The number of benzene rings is 2. The SMILES string of the molecule is Cc1ccc(C)c(NCc2cc3ccc(C)c(C)c3[nH]c2=O)c1. The summed E-state index contributed by atoms with van der Waals surface area (Å²) in [7, 11) is 0.